The zero-order valence-electron chi connectivity index (χ0n) is 13.1. The number of alkyl halides is 3. The maximum atomic E-state index is 12.6. The lowest BCUT2D eigenvalue weighted by Crippen LogP contribution is -2.48. The van der Waals surface area contributed by atoms with Crippen molar-refractivity contribution in [3.63, 3.8) is 0 Å². The van der Waals surface area contributed by atoms with Gasteiger partial charge in [0.05, 0.1) is 12.1 Å². The minimum absolute atomic E-state index is 0.261. The fourth-order valence-electron chi connectivity index (χ4n) is 2.83. The molecule has 2 saturated heterocycles. The summed E-state index contributed by atoms with van der Waals surface area (Å²) in [6.45, 7) is 5.45. The maximum absolute atomic E-state index is 12.6. The molecule has 0 atom stereocenters. The molecule has 24 heavy (non-hydrogen) atoms. The van der Waals surface area contributed by atoms with Gasteiger partial charge in [0.25, 0.3) is 0 Å². The van der Waals surface area contributed by atoms with Crippen molar-refractivity contribution in [2.45, 2.75) is 6.18 Å². The van der Waals surface area contributed by atoms with Gasteiger partial charge in [0.2, 0.25) is 0 Å². The molecule has 1 aromatic heterocycles. The van der Waals surface area contributed by atoms with Gasteiger partial charge in [-0.1, -0.05) is 0 Å². The van der Waals surface area contributed by atoms with Crippen LogP contribution in [-0.2, 0) is 10.9 Å². The Bertz CT molecular complexity index is 571. The van der Waals surface area contributed by atoms with Gasteiger partial charge < -0.3 is 14.5 Å². The summed E-state index contributed by atoms with van der Waals surface area (Å²) in [5.41, 5.74) is -0.734. The SMILES string of the molecule is O=C1OCCN1CCN1CCN(c2ccc(C(F)(F)F)cn2)CC1. The first kappa shape index (κ1) is 16.8. The quantitative estimate of drug-likeness (QED) is 0.832. The fourth-order valence-corrected chi connectivity index (χ4v) is 2.83. The van der Waals surface area contributed by atoms with E-state index in [1.54, 1.807) is 4.90 Å². The highest BCUT2D eigenvalue weighted by molar-refractivity contribution is 5.69. The highest BCUT2D eigenvalue weighted by Crippen LogP contribution is 2.29. The van der Waals surface area contributed by atoms with Crippen LogP contribution < -0.4 is 4.90 Å². The summed E-state index contributed by atoms with van der Waals surface area (Å²) in [4.78, 5) is 21.2. The molecule has 132 valence electrons. The van der Waals surface area contributed by atoms with Crippen molar-refractivity contribution in [2.24, 2.45) is 0 Å². The van der Waals surface area contributed by atoms with E-state index in [2.05, 4.69) is 9.88 Å². The van der Waals surface area contributed by atoms with Crippen molar-refractivity contribution >= 4 is 11.9 Å². The molecule has 3 rings (SSSR count). The second-order valence-electron chi connectivity index (χ2n) is 5.83. The summed E-state index contributed by atoms with van der Waals surface area (Å²) in [7, 11) is 0. The number of carbonyl (C=O) groups is 1. The Labute approximate surface area is 137 Å². The van der Waals surface area contributed by atoms with Crippen LogP contribution in [-0.4, -0.2) is 73.3 Å². The van der Waals surface area contributed by atoms with Gasteiger partial charge in [-0.05, 0) is 12.1 Å². The van der Waals surface area contributed by atoms with Gasteiger partial charge in [0, 0.05) is 45.5 Å². The molecule has 2 aliphatic heterocycles. The van der Waals surface area contributed by atoms with Crippen LogP contribution in [0.4, 0.5) is 23.8 Å². The predicted octanol–water partition coefficient (Wildman–Crippen LogP) is 1.67. The Balaban J connectivity index is 1.47. The summed E-state index contributed by atoms with van der Waals surface area (Å²) in [6, 6.07) is 2.48. The Hall–Kier alpha value is -2.03. The molecule has 1 amide bonds. The van der Waals surface area contributed by atoms with Crippen LogP contribution in [0, 0.1) is 0 Å². The molecule has 3 heterocycles. The van der Waals surface area contributed by atoms with E-state index in [0.29, 0.717) is 38.6 Å². The summed E-state index contributed by atoms with van der Waals surface area (Å²) >= 11 is 0. The van der Waals surface area contributed by atoms with Gasteiger partial charge >= 0.3 is 12.3 Å². The highest BCUT2D eigenvalue weighted by atomic mass is 19.4. The van der Waals surface area contributed by atoms with Crippen molar-refractivity contribution < 1.29 is 22.7 Å². The van der Waals surface area contributed by atoms with E-state index in [1.165, 1.54) is 6.07 Å². The van der Waals surface area contributed by atoms with Gasteiger partial charge in [0.15, 0.2) is 0 Å². The van der Waals surface area contributed by atoms with E-state index in [1.807, 2.05) is 4.90 Å². The molecule has 0 aliphatic carbocycles. The summed E-state index contributed by atoms with van der Waals surface area (Å²) in [5, 5.41) is 0. The maximum Gasteiger partial charge on any atom is 0.417 e. The van der Waals surface area contributed by atoms with Crippen LogP contribution in [0.5, 0.6) is 0 Å². The molecule has 0 radical (unpaired) electrons. The number of hydrogen-bond acceptors (Lipinski definition) is 5. The molecule has 2 fully saturated rings. The standard InChI is InChI=1S/C15H19F3N4O2/c16-15(17,18)12-1-2-13(19-11-12)21-6-3-20(4-7-21)5-8-22-9-10-24-14(22)23/h1-2,11H,3-10H2. The number of cyclic esters (lactones) is 1. The third kappa shape index (κ3) is 3.89. The number of pyridine rings is 1. The second-order valence-corrected chi connectivity index (χ2v) is 5.83. The van der Waals surface area contributed by atoms with Gasteiger partial charge in [-0.3, -0.25) is 4.90 Å². The number of nitrogens with zero attached hydrogens (tertiary/aromatic N) is 4. The average molecular weight is 344 g/mol. The zero-order valence-corrected chi connectivity index (χ0v) is 13.1. The van der Waals surface area contributed by atoms with Crippen molar-refractivity contribution in [1.29, 1.82) is 0 Å². The van der Waals surface area contributed by atoms with Crippen molar-refractivity contribution in [3.8, 4) is 0 Å². The topological polar surface area (TPSA) is 48.9 Å². The lowest BCUT2D eigenvalue weighted by Gasteiger charge is -2.35. The van der Waals surface area contributed by atoms with Crippen molar-refractivity contribution in [3.05, 3.63) is 23.9 Å². The van der Waals surface area contributed by atoms with Crippen LogP contribution in [0.2, 0.25) is 0 Å². The minimum atomic E-state index is -4.36. The number of amides is 1. The van der Waals surface area contributed by atoms with Crippen LogP contribution in [0.3, 0.4) is 0 Å². The molecule has 2 aliphatic rings. The number of hydrogen-bond donors (Lipinski definition) is 0. The van der Waals surface area contributed by atoms with Gasteiger partial charge in [-0.2, -0.15) is 13.2 Å². The number of rotatable bonds is 4. The van der Waals surface area contributed by atoms with E-state index < -0.39 is 11.7 Å². The van der Waals surface area contributed by atoms with Gasteiger partial charge in [0.1, 0.15) is 12.4 Å². The number of carbonyl (C=O) groups excluding carboxylic acids is 1. The second kappa shape index (κ2) is 6.84. The fraction of sp³-hybridized carbons (Fsp3) is 0.600. The Morgan fingerprint density at radius 1 is 1.08 bits per heavy atom. The molecule has 0 N–H and O–H groups in total. The lowest BCUT2D eigenvalue weighted by molar-refractivity contribution is -0.137. The summed E-state index contributed by atoms with van der Waals surface area (Å²) < 4.78 is 42.6. The molecule has 1 aromatic rings. The highest BCUT2D eigenvalue weighted by Gasteiger charge is 2.31. The molecule has 0 unspecified atom stereocenters. The molecule has 0 spiro atoms. The van der Waals surface area contributed by atoms with E-state index in [0.717, 1.165) is 31.9 Å². The smallest absolute Gasteiger partial charge is 0.417 e. The monoisotopic (exact) mass is 344 g/mol. The largest absolute Gasteiger partial charge is 0.448 e. The molecule has 0 saturated carbocycles. The Kier molecular flexibility index (Phi) is 4.79. The van der Waals surface area contributed by atoms with Crippen LogP contribution in [0.1, 0.15) is 5.56 Å². The third-order valence-electron chi connectivity index (χ3n) is 4.30. The number of aromatic nitrogens is 1. The molecule has 0 bridgehead atoms. The van der Waals surface area contributed by atoms with Gasteiger partial charge in [-0.15, -0.1) is 0 Å². The summed E-state index contributed by atoms with van der Waals surface area (Å²) in [6.07, 6.45) is -3.75. The van der Waals surface area contributed by atoms with Crippen molar-refractivity contribution in [1.82, 2.24) is 14.8 Å². The van der Waals surface area contributed by atoms with Crippen molar-refractivity contribution in [2.75, 3.05) is 57.3 Å². The number of anilines is 1. The molecular weight excluding hydrogens is 325 g/mol. The first-order valence-electron chi connectivity index (χ1n) is 7.86. The van der Waals surface area contributed by atoms with Crippen LogP contribution >= 0.6 is 0 Å². The summed E-state index contributed by atoms with van der Waals surface area (Å²) in [5.74, 6) is 0.561. The van der Waals surface area contributed by atoms with Gasteiger partial charge in [-0.25, -0.2) is 9.78 Å². The number of ether oxygens (including phenoxy) is 1. The molecule has 9 heteroatoms. The van der Waals surface area contributed by atoms with E-state index >= 15 is 0 Å². The zero-order chi connectivity index (χ0) is 17.2. The normalized spacial score (nSPS) is 19.7. The first-order valence-corrected chi connectivity index (χ1v) is 7.86. The Morgan fingerprint density at radius 2 is 1.83 bits per heavy atom. The average Bonchev–Trinajstić information content (AvgIpc) is 2.98. The lowest BCUT2D eigenvalue weighted by atomic mass is 10.2. The molecular formula is C15H19F3N4O2. The number of piperazine rings is 1. The first-order chi connectivity index (χ1) is 11.4. The molecule has 6 nitrogen and oxygen atoms in total. The van der Waals surface area contributed by atoms with E-state index in [4.69, 9.17) is 4.74 Å². The minimum Gasteiger partial charge on any atom is -0.448 e. The molecule has 0 aromatic carbocycles. The van der Waals surface area contributed by atoms with Crippen LogP contribution in [0.25, 0.3) is 0 Å². The van der Waals surface area contributed by atoms with E-state index in [9.17, 15) is 18.0 Å². The predicted molar refractivity (Wildman–Crippen MR) is 80.8 cm³/mol. The number of halogens is 3. The third-order valence-corrected chi connectivity index (χ3v) is 4.30. The van der Waals surface area contributed by atoms with Crippen LogP contribution in [0.15, 0.2) is 18.3 Å². The Morgan fingerprint density at radius 3 is 2.38 bits per heavy atom. The van der Waals surface area contributed by atoms with E-state index in [-0.39, 0.29) is 6.09 Å².